The molecule has 0 amide bonds. The summed E-state index contributed by atoms with van der Waals surface area (Å²) < 4.78 is 17.5. The van der Waals surface area contributed by atoms with E-state index < -0.39 is 11.8 Å². The number of nitrogens with zero attached hydrogens (tertiary/aromatic N) is 1. The average molecular weight is 552 g/mol. The Kier molecular flexibility index (Phi) is 8.67. The SMILES string of the molecule is COc1cc([C@@H]2C3=C(C[C@H](c4ccccc4)CC3=O)N=C(C)C2C(=O)OCC(C)C)ccc1OCc1ccccc1. The van der Waals surface area contributed by atoms with Crippen molar-refractivity contribution in [1.29, 1.82) is 0 Å². The minimum absolute atomic E-state index is 0.0198. The van der Waals surface area contributed by atoms with Crippen molar-refractivity contribution in [3.8, 4) is 11.5 Å². The van der Waals surface area contributed by atoms with E-state index in [-0.39, 0.29) is 23.6 Å². The number of ether oxygens (including phenoxy) is 3. The number of hydrogen-bond acceptors (Lipinski definition) is 6. The number of Topliss-reactive ketones (excluding diaryl/α,β-unsaturated/α-hetero) is 1. The third-order valence-corrected chi connectivity index (χ3v) is 7.76. The van der Waals surface area contributed by atoms with Crippen LogP contribution in [-0.2, 0) is 20.9 Å². The van der Waals surface area contributed by atoms with Gasteiger partial charge < -0.3 is 14.2 Å². The molecule has 5 rings (SSSR count). The fourth-order valence-electron chi connectivity index (χ4n) is 5.76. The second-order valence-electron chi connectivity index (χ2n) is 11.2. The van der Waals surface area contributed by atoms with Crippen LogP contribution in [0.25, 0.3) is 0 Å². The maximum atomic E-state index is 13.9. The molecule has 3 aromatic carbocycles. The first kappa shape index (κ1) is 28.3. The van der Waals surface area contributed by atoms with E-state index in [1.54, 1.807) is 7.11 Å². The molecule has 0 aromatic heterocycles. The second kappa shape index (κ2) is 12.5. The fraction of sp³-hybridized carbons (Fsp3) is 0.343. The number of allylic oxidation sites excluding steroid dienone is 2. The second-order valence-corrected chi connectivity index (χ2v) is 11.2. The lowest BCUT2D eigenvalue weighted by atomic mass is 9.69. The summed E-state index contributed by atoms with van der Waals surface area (Å²) in [4.78, 5) is 32.3. The highest BCUT2D eigenvalue weighted by Crippen LogP contribution is 2.48. The monoisotopic (exact) mass is 551 g/mol. The van der Waals surface area contributed by atoms with E-state index in [0.717, 1.165) is 22.4 Å². The van der Waals surface area contributed by atoms with Gasteiger partial charge in [-0.25, -0.2) is 0 Å². The van der Waals surface area contributed by atoms with Gasteiger partial charge in [-0.1, -0.05) is 80.6 Å². The third-order valence-electron chi connectivity index (χ3n) is 7.76. The molecule has 3 aromatic rings. The molecule has 41 heavy (non-hydrogen) atoms. The molecule has 6 heteroatoms. The van der Waals surface area contributed by atoms with Gasteiger partial charge in [0, 0.05) is 29.3 Å². The summed E-state index contributed by atoms with van der Waals surface area (Å²) in [6.07, 6.45) is 1.01. The van der Waals surface area contributed by atoms with E-state index in [4.69, 9.17) is 19.2 Å². The third kappa shape index (κ3) is 6.27. The lowest BCUT2D eigenvalue weighted by Gasteiger charge is -2.36. The van der Waals surface area contributed by atoms with Gasteiger partial charge in [-0.05, 0) is 54.0 Å². The van der Waals surface area contributed by atoms with Crippen LogP contribution in [0.2, 0.25) is 0 Å². The van der Waals surface area contributed by atoms with Crippen molar-refractivity contribution in [3.63, 3.8) is 0 Å². The minimum Gasteiger partial charge on any atom is -0.493 e. The van der Waals surface area contributed by atoms with E-state index in [1.165, 1.54) is 0 Å². The number of methoxy groups -OCH3 is 1. The highest BCUT2D eigenvalue weighted by molar-refractivity contribution is 6.09. The molecule has 0 bridgehead atoms. The fourth-order valence-corrected chi connectivity index (χ4v) is 5.76. The van der Waals surface area contributed by atoms with Gasteiger partial charge in [0.1, 0.15) is 12.5 Å². The molecule has 6 nitrogen and oxygen atoms in total. The normalized spacial score (nSPS) is 20.4. The van der Waals surface area contributed by atoms with Crippen LogP contribution in [0.1, 0.15) is 62.1 Å². The number of esters is 1. The van der Waals surface area contributed by atoms with Gasteiger partial charge in [0.05, 0.1) is 13.7 Å². The molecule has 1 unspecified atom stereocenters. The van der Waals surface area contributed by atoms with Crippen LogP contribution in [0.5, 0.6) is 11.5 Å². The first-order chi connectivity index (χ1) is 19.9. The van der Waals surface area contributed by atoms with E-state index >= 15 is 0 Å². The zero-order valence-electron chi connectivity index (χ0n) is 24.1. The molecule has 1 heterocycles. The van der Waals surface area contributed by atoms with Crippen molar-refractivity contribution in [2.75, 3.05) is 13.7 Å². The Bertz CT molecular complexity index is 1460. The van der Waals surface area contributed by atoms with Crippen molar-refractivity contribution in [2.24, 2.45) is 16.8 Å². The Morgan fingerprint density at radius 3 is 2.32 bits per heavy atom. The molecule has 0 saturated carbocycles. The predicted octanol–water partition coefficient (Wildman–Crippen LogP) is 7.05. The number of hydrogen-bond donors (Lipinski definition) is 0. The Morgan fingerprint density at radius 2 is 1.63 bits per heavy atom. The standard InChI is InChI=1S/C35H37NO5/c1-22(2)20-41-35(38)32-23(3)36-28-17-27(25-13-9-6-10-14-25)18-29(37)34(28)33(32)26-15-16-30(31(19-26)39-4)40-21-24-11-7-5-8-12-24/h5-16,19,22,27,32-33H,17-18,20-21H2,1-4H3/t27-,32?,33-/m0/s1. The Morgan fingerprint density at radius 1 is 0.927 bits per heavy atom. The molecular weight excluding hydrogens is 514 g/mol. The molecule has 0 fully saturated rings. The molecule has 1 aliphatic heterocycles. The smallest absolute Gasteiger partial charge is 0.315 e. The van der Waals surface area contributed by atoms with Crippen LogP contribution >= 0.6 is 0 Å². The maximum Gasteiger partial charge on any atom is 0.315 e. The summed E-state index contributed by atoms with van der Waals surface area (Å²) in [6.45, 7) is 6.57. The number of ketones is 1. The number of benzene rings is 3. The van der Waals surface area contributed by atoms with Crippen LogP contribution in [0.4, 0.5) is 0 Å². The predicted molar refractivity (Wildman–Crippen MR) is 159 cm³/mol. The summed E-state index contributed by atoms with van der Waals surface area (Å²) in [5, 5.41) is 0. The van der Waals surface area contributed by atoms with Gasteiger partial charge in [0.25, 0.3) is 0 Å². The number of carbonyl (C=O) groups is 2. The zero-order chi connectivity index (χ0) is 28.9. The maximum absolute atomic E-state index is 13.9. The molecule has 0 N–H and O–H groups in total. The lowest BCUT2D eigenvalue weighted by Crippen LogP contribution is -2.38. The van der Waals surface area contributed by atoms with Gasteiger partial charge in [-0.2, -0.15) is 0 Å². The Labute approximate surface area is 242 Å². The van der Waals surface area contributed by atoms with Crippen molar-refractivity contribution >= 4 is 17.5 Å². The van der Waals surface area contributed by atoms with E-state index in [0.29, 0.717) is 48.8 Å². The molecule has 2 aliphatic rings. The number of rotatable bonds is 9. The first-order valence-electron chi connectivity index (χ1n) is 14.2. The molecule has 212 valence electrons. The first-order valence-corrected chi connectivity index (χ1v) is 14.2. The Balaban J connectivity index is 1.52. The number of aliphatic imine (C=N–C) groups is 1. The van der Waals surface area contributed by atoms with Gasteiger partial charge in [0.2, 0.25) is 0 Å². The van der Waals surface area contributed by atoms with E-state index in [1.807, 2.05) is 87.5 Å². The highest BCUT2D eigenvalue weighted by Gasteiger charge is 2.45. The van der Waals surface area contributed by atoms with Crippen molar-refractivity contribution in [1.82, 2.24) is 0 Å². The van der Waals surface area contributed by atoms with Gasteiger partial charge in [-0.15, -0.1) is 0 Å². The van der Waals surface area contributed by atoms with Crippen molar-refractivity contribution < 1.29 is 23.8 Å². The minimum atomic E-state index is -0.703. The topological polar surface area (TPSA) is 74.2 Å². The summed E-state index contributed by atoms with van der Waals surface area (Å²) in [5.74, 6) is -0.197. The summed E-state index contributed by atoms with van der Waals surface area (Å²) in [7, 11) is 1.59. The average Bonchev–Trinajstić information content (AvgIpc) is 2.99. The van der Waals surface area contributed by atoms with Crippen LogP contribution in [0.3, 0.4) is 0 Å². The van der Waals surface area contributed by atoms with Crippen molar-refractivity contribution in [3.05, 3.63) is 107 Å². The summed E-state index contributed by atoms with van der Waals surface area (Å²) in [5.41, 5.74) is 4.99. The molecule has 0 saturated heterocycles. The highest BCUT2D eigenvalue weighted by atomic mass is 16.5. The van der Waals surface area contributed by atoms with Gasteiger partial charge in [0.15, 0.2) is 17.3 Å². The lowest BCUT2D eigenvalue weighted by molar-refractivity contribution is -0.147. The summed E-state index contributed by atoms with van der Waals surface area (Å²) in [6, 6.07) is 25.7. The molecule has 1 aliphatic carbocycles. The van der Waals surface area contributed by atoms with E-state index in [2.05, 4.69) is 12.1 Å². The molecular formula is C35H37NO5. The summed E-state index contributed by atoms with van der Waals surface area (Å²) >= 11 is 0. The number of carbonyl (C=O) groups excluding carboxylic acids is 2. The van der Waals surface area contributed by atoms with E-state index in [9.17, 15) is 9.59 Å². The zero-order valence-corrected chi connectivity index (χ0v) is 24.1. The Hall–Kier alpha value is -4.19. The largest absolute Gasteiger partial charge is 0.493 e. The molecule has 3 atom stereocenters. The quantitative estimate of drug-likeness (QED) is 0.267. The van der Waals surface area contributed by atoms with Crippen LogP contribution in [0.15, 0.2) is 95.1 Å². The molecule has 0 radical (unpaired) electrons. The molecule has 0 spiro atoms. The van der Waals surface area contributed by atoms with Gasteiger partial charge in [-0.3, -0.25) is 14.6 Å². The van der Waals surface area contributed by atoms with Gasteiger partial charge >= 0.3 is 5.97 Å². The van der Waals surface area contributed by atoms with Crippen molar-refractivity contribution in [2.45, 2.75) is 52.1 Å². The van der Waals surface area contributed by atoms with Crippen LogP contribution in [-0.4, -0.2) is 31.2 Å². The van der Waals surface area contributed by atoms with Crippen LogP contribution in [0, 0.1) is 11.8 Å². The van der Waals surface area contributed by atoms with Crippen LogP contribution < -0.4 is 9.47 Å².